The molecule has 1 amide bonds. The molecule has 0 saturated carbocycles. The second-order valence-electron chi connectivity index (χ2n) is 4.03. The van der Waals surface area contributed by atoms with Crippen LogP contribution in [0.4, 0.5) is 0 Å². The Morgan fingerprint density at radius 3 is 3.07 bits per heavy atom. The Morgan fingerprint density at radius 2 is 2.47 bits per heavy atom. The Labute approximate surface area is 95.5 Å². The van der Waals surface area contributed by atoms with Crippen LogP contribution in [0.3, 0.4) is 0 Å². The number of ether oxygens (including phenoxy) is 1. The molecule has 1 unspecified atom stereocenters. The lowest BCUT2D eigenvalue weighted by Gasteiger charge is -2.11. The largest absolute Gasteiger partial charge is 0.379 e. The molecule has 1 fully saturated rings. The van der Waals surface area contributed by atoms with E-state index in [2.05, 4.69) is 24.5 Å². The van der Waals surface area contributed by atoms with E-state index < -0.39 is 0 Å². The van der Waals surface area contributed by atoms with Crippen molar-refractivity contribution >= 4 is 17.7 Å². The van der Waals surface area contributed by atoms with Gasteiger partial charge in [-0.3, -0.25) is 10.1 Å². The molecule has 0 bridgehead atoms. The summed E-state index contributed by atoms with van der Waals surface area (Å²) in [5.41, 5.74) is 0. The predicted molar refractivity (Wildman–Crippen MR) is 62.9 cm³/mol. The third-order valence-electron chi connectivity index (χ3n) is 2.03. The van der Waals surface area contributed by atoms with Crippen molar-refractivity contribution in [3.05, 3.63) is 0 Å². The summed E-state index contributed by atoms with van der Waals surface area (Å²) in [4.78, 5) is 11.5. The highest BCUT2D eigenvalue weighted by Crippen LogP contribution is 2.08. The van der Waals surface area contributed by atoms with Gasteiger partial charge in [-0.1, -0.05) is 13.8 Å². The number of amides is 1. The van der Waals surface area contributed by atoms with Gasteiger partial charge in [0.05, 0.1) is 12.6 Å². The third-order valence-corrected chi connectivity index (χ3v) is 2.97. The first-order valence-electron chi connectivity index (χ1n) is 5.36. The van der Waals surface area contributed by atoms with Crippen molar-refractivity contribution in [1.29, 1.82) is 0 Å². The molecule has 0 aromatic heterocycles. The van der Waals surface area contributed by atoms with Crippen molar-refractivity contribution in [2.24, 2.45) is 5.92 Å². The lowest BCUT2D eigenvalue weighted by Crippen LogP contribution is -2.43. The molecule has 0 spiro atoms. The minimum Gasteiger partial charge on any atom is -0.379 e. The Morgan fingerprint density at radius 1 is 1.67 bits per heavy atom. The summed E-state index contributed by atoms with van der Waals surface area (Å²) in [5.74, 6) is 2.39. The van der Waals surface area contributed by atoms with Crippen molar-refractivity contribution in [3.8, 4) is 0 Å². The molecule has 0 aromatic rings. The standard InChI is InChI=1S/C10H20N2O2S/c1-8(2)5-14-4-3-11-10(13)9-6-15-7-12-9/h8-9,12H,3-7H2,1-2H3,(H,11,13). The van der Waals surface area contributed by atoms with Crippen LogP contribution in [-0.4, -0.2) is 43.3 Å². The maximum atomic E-state index is 11.5. The molecular formula is C10H20N2O2S. The Balaban J connectivity index is 1.97. The third kappa shape index (κ3) is 5.39. The molecular weight excluding hydrogens is 212 g/mol. The van der Waals surface area contributed by atoms with E-state index in [1.807, 2.05) is 0 Å². The topological polar surface area (TPSA) is 50.4 Å². The summed E-state index contributed by atoms with van der Waals surface area (Å²) < 4.78 is 5.37. The molecule has 4 nitrogen and oxygen atoms in total. The fourth-order valence-corrected chi connectivity index (χ4v) is 2.19. The zero-order valence-corrected chi connectivity index (χ0v) is 10.2. The number of carbonyl (C=O) groups excluding carboxylic acids is 1. The fourth-order valence-electron chi connectivity index (χ4n) is 1.25. The monoisotopic (exact) mass is 232 g/mol. The summed E-state index contributed by atoms with van der Waals surface area (Å²) in [7, 11) is 0. The lowest BCUT2D eigenvalue weighted by atomic mass is 10.2. The van der Waals surface area contributed by atoms with E-state index in [1.54, 1.807) is 11.8 Å². The second kappa shape index (κ2) is 7.09. The quantitative estimate of drug-likeness (QED) is 0.652. The van der Waals surface area contributed by atoms with Crippen molar-refractivity contribution in [1.82, 2.24) is 10.6 Å². The Bertz CT molecular complexity index is 194. The van der Waals surface area contributed by atoms with Crippen molar-refractivity contribution in [2.45, 2.75) is 19.9 Å². The molecule has 1 saturated heterocycles. The van der Waals surface area contributed by atoms with Crippen LogP contribution in [0, 0.1) is 5.92 Å². The van der Waals surface area contributed by atoms with Crippen LogP contribution in [0.25, 0.3) is 0 Å². The molecule has 1 aliphatic heterocycles. The molecule has 15 heavy (non-hydrogen) atoms. The van der Waals surface area contributed by atoms with Gasteiger partial charge in [0.2, 0.25) is 5.91 Å². The average molecular weight is 232 g/mol. The molecule has 0 aromatic carbocycles. The SMILES string of the molecule is CC(C)COCCNC(=O)C1CSCN1. The van der Waals surface area contributed by atoms with E-state index in [4.69, 9.17) is 4.74 Å². The first-order valence-corrected chi connectivity index (χ1v) is 6.52. The van der Waals surface area contributed by atoms with Gasteiger partial charge in [-0.2, -0.15) is 0 Å². The highest BCUT2D eigenvalue weighted by molar-refractivity contribution is 7.99. The van der Waals surface area contributed by atoms with Gasteiger partial charge in [-0.05, 0) is 5.92 Å². The van der Waals surface area contributed by atoms with Crippen LogP contribution in [0.5, 0.6) is 0 Å². The minimum atomic E-state index is -0.0138. The summed E-state index contributed by atoms with van der Waals surface area (Å²) in [6, 6.07) is -0.0138. The highest BCUT2D eigenvalue weighted by atomic mass is 32.2. The average Bonchev–Trinajstić information content (AvgIpc) is 2.69. The molecule has 2 N–H and O–H groups in total. The maximum absolute atomic E-state index is 11.5. The summed E-state index contributed by atoms with van der Waals surface area (Å²) >= 11 is 1.75. The predicted octanol–water partition coefficient (Wildman–Crippen LogP) is 0.438. The van der Waals surface area contributed by atoms with Crippen molar-refractivity contribution in [2.75, 3.05) is 31.4 Å². The molecule has 0 radical (unpaired) electrons. The number of rotatable bonds is 6. The van der Waals surface area contributed by atoms with Crippen LogP contribution >= 0.6 is 11.8 Å². The van der Waals surface area contributed by atoms with E-state index in [9.17, 15) is 4.79 Å². The zero-order chi connectivity index (χ0) is 11.1. The number of thioether (sulfide) groups is 1. The van der Waals surface area contributed by atoms with Gasteiger partial charge in [-0.15, -0.1) is 11.8 Å². The zero-order valence-electron chi connectivity index (χ0n) is 9.41. The van der Waals surface area contributed by atoms with Crippen LogP contribution in [0.2, 0.25) is 0 Å². The van der Waals surface area contributed by atoms with Crippen molar-refractivity contribution in [3.63, 3.8) is 0 Å². The summed E-state index contributed by atoms with van der Waals surface area (Å²) in [6.07, 6.45) is 0. The van der Waals surface area contributed by atoms with Gasteiger partial charge in [0.25, 0.3) is 0 Å². The van der Waals surface area contributed by atoms with Crippen LogP contribution in [-0.2, 0) is 9.53 Å². The van der Waals surface area contributed by atoms with Gasteiger partial charge in [-0.25, -0.2) is 0 Å². The number of nitrogens with one attached hydrogen (secondary N) is 2. The molecule has 88 valence electrons. The van der Waals surface area contributed by atoms with Crippen LogP contribution < -0.4 is 10.6 Å². The van der Waals surface area contributed by atoms with Crippen LogP contribution in [0.15, 0.2) is 0 Å². The molecule has 1 rings (SSSR count). The first kappa shape index (κ1) is 12.8. The molecule has 0 aliphatic carbocycles. The summed E-state index contributed by atoms with van der Waals surface area (Å²) in [6.45, 7) is 6.18. The lowest BCUT2D eigenvalue weighted by molar-refractivity contribution is -0.122. The first-order chi connectivity index (χ1) is 7.20. The normalized spacial score (nSPS) is 20.9. The molecule has 1 heterocycles. The molecule has 5 heteroatoms. The minimum absolute atomic E-state index is 0.0138. The summed E-state index contributed by atoms with van der Waals surface area (Å²) in [5, 5.41) is 5.98. The molecule has 1 atom stereocenters. The van der Waals surface area contributed by atoms with Gasteiger partial charge in [0, 0.05) is 24.8 Å². The Kier molecular flexibility index (Phi) is 6.05. The Hall–Kier alpha value is -0.260. The van der Waals surface area contributed by atoms with E-state index in [0.717, 1.165) is 18.2 Å². The van der Waals surface area contributed by atoms with E-state index in [0.29, 0.717) is 19.1 Å². The van der Waals surface area contributed by atoms with E-state index >= 15 is 0 Å². The van der Waals surface area contributed by atoms with Crippen LogP contribution in [0.1, 0.15) is 13.8 Å². The fraction of sp³-hybridized carbons (Fsp3) is 0.900. The second-order valence-corrected chi connectivity index (χ2v) is 5.06. The van der Waals surface area contributed by atoms with Gasteiger partial charge >= 0.3 is 0 Å². The number of hydrogen-bond donors (Lipinski definition) is 2. The number of hydrogen-bond acceptors (Lipinski definition) is 4. The van der Waals surface area contributed by atoms with Gasteiger partial charge in [0.15, 0.2) is 0 Å². The van der Waals surface area contributed by atoms with Gasteiger partial charge in [0.1, 0.15) is 0 Å². The maximum Gasteiger partial charge on any atom is 0.238 e. The van der Waals surface area contributed by atoms with Crippen molar-refractivity contribution < 1.29 is 9.53 Å². The van der Waals surface area contributed by atoms with Gasteiger partial charge < -0.3 is 10.1 Å². The van der Waals surface area contributed by atoms with E-state index in [-0.39, 0.29) is 11.9 Å². The van der Waals surface area contributed by atoms with E-state index in [1.165, 1.54) is 0 Å². The highest BCUT2D eigenvalue weighted by Gasteiger charge is 2.21. The number of carbonyl (C=O) groups is 1. The molecule has 1 aliphatic rings. The smallest absolute Gasteiger partial charge is 0.238 e.